The molecule has 1 aromatic carbocycles. The van der Waals surface area contributed by atoms with E-state index in [-0.39, 0.29) is 11.7 Å². The minimum atomic E-state index is -0.282. The van der Waals surface area contributed by atoms with Crippen molar-refractivity contribution in [2.24, 2.45) is 10.9 Å². The van der Waals surface area contributed by atoms with E-state index in [4.69, 9.17) is 10.9 Å². The van der Waals surface area contributed by atoms with Crippen LogP contribution in [-0.2, 0) is 0 Å². The van der Waals surface area contributed by atoms with Crippen LogP contribution in [0.4, 0.5) is 10.1 Å². The molecule has 4 N–H and O–H groups in total. The van der Waals surface area contributed by atoms with Crippen LogP contribution in [-0.4, -0.2) is 17.6 Å². The molecule has 0 fully saturated rings. The van der Waals surface area contributed by atoms with Crippen LogP contribution in [0.2, 0.25) is 0 Å². The maximum Gasteiger partial charge on any atom is 0.147 e. The minimum absolute atomic E-state index is 0.220. The summed E-state index contributed by atoms with van der Waals surface area (Å²) in [5.41, 5.74) is 5.80. The maximum absolute atomic E-state index is 13.4. The molecule has 0 amide bonds. The van der Waals surface area contributed by atoms with Crippen molar-refractivity contribution in [1.29, 1.82) is 0 Å². The number of halogens is 2. The molecule has 0 aromatic heterocycles. The van der Waals surface area contributed by atoms with Crippen LogP contribution in [0.25, 0.3) is 0 Å². The molecule has 0 unspecified atom stereocenters. The molecule has 0 aliphatic carbocycles. The van der Waals surface area contributed by atoms with Gasteiger partial charge < -0.3 is 16.3 Å². The van der Waals surface area contributed by atoms with Gasteiger partial charge in [-0.2, -0.15) is 0 Å². The number of hydrogen-bond donors (Lipinski definition) is 3. The van der Waals surface area contributed by atoms with Crippen LogP contribution < -0.4 is 11.1 Å². The Labute approximate surface area is 108 Å². The van der Waals surface area contributed by atoms with Gasteiger partial charge in [-0.25, -0.2) is 4.39 Å². The zero-order chi connectivity index (χ0) is 12.7. The maximum atomic E-state index is 13.4. The fourth-order valence-corrected chi connectivity index (χ4v) is 1.84. The second kappa shape index (κ2) is 7.11. The zero-order valence-corrected chi connectivity index (χ0v) is 10.9. The fourth-order valence-electron chi connectivity index (χ4n) is 1.36. The molecule has 6 heteroatoms. The van der Waals surface area contributed by atoms with Crippen molar-refractivity contribution in [3.05, 3.63) is 28.5 Å². The molecule has 0 atom stereocenters. The SMILES string of the molecule is N/C(CCCCNc1c(F)cccc1Br)=N/O. The molecule has 0 heterocycles. The number of benzene rings is 1. The molecule has 0 saturated carbocycles. The van der Waals surface area contributed by atoms with Gasteiger partial charge in [0, 0.05) is 17.4 Å². The number of rotatable bonds is 6. The van der Waals surface area contributed by atoms with Crippen molar-refractivity contribution in [2.75, 3.05) is 11.9 Å². The number of oxime groups is 1. The molecule has 0 saturated heterocycles. The second-order valence-electron chi connectivity index (χ2n) is 3.57. The summed E-state index contributed by atoms with van der Waals surface area (Å²) in [6.45, 7) is 0.637. The van der Waals surface area contributed by atoms with Crippen LogP contribution in [0, 0.1) is 5.82 Å². The first-order valence-electron chi connectivity index (χ1n) is 5.29. The summed E-state index contributed by atoms with van der Waals surface area (Å²) in [4.78, 5) is 0. The Bertz CT molecular complexity index is 378. The van der Waals surface area contributed by atoms with Gasteiger partial charge in [-0.15, -0.1) is 0 Å². The van der Waals surface area contributed by atoms with E-state index in [2.05, 4.69) is 26.4 Å². The van der Waals surface area contributed by atoms with Crippen LogP contribution in [0.15, 0.2) is 27.8 Å². The molecule has 0 spiro atoms. The second-order valence-corrected chi connectivity index (χ2v) is 4.43. The van der Waals surface area contributed by atoms with Gasteiger partial charge in [0.15, 0.2) is 0 Å². The minimum Gasteiger partial charge on any atom is -0.409 e. The molecular weight excluding hydrogens is 289 g/mol. The van der Waals surface area contributed by atoms with Crippen LogP contribution in [0.5, 0.6) is 0 Å². The third-order valence-corrected chi connectivity index (χ3v) is 2.91. The van der Waals surface area contributed by atoms with Gasteiger partial charge in [0.05, 0.1) is 5.69 Å². The summed E-state index contributed by atoms with van der Waals surface area (Å²) in [7, 11) is 0. The number of amidine groups is 1. The number of nitrogens with one attached hydrogen (secondary N) is 1. The first-order valence-corrected chi connectivity index (χ1v) is 6.08. The number of hydrogen-bond acceptors (Lipinski definition) is 3. The number of nitrogens with zero attached hydrogens (tertiary/aromatic N) is 1. The predicted molar refractivity (Wildman–Crippen MR) is 69.8 cm³/mol. The third-order valence-electron chi connectivity index (χ3n) is 2.25. The molecule has 0 aliphatic rings. The third kappa shape index (κ3) is 4.60. The summed E-state index contributed by atoms with van der Waals surface area (Å²) in [5, 5.41) is 14.2. The Balaban J connectivity index is 2.32. The summed E-state index contributed by atoms with van der Waals surface area (Å²) in [5.74, 6) is -0.0621. The molecule has 17 heavy (non-hydrogen) atoms. The zero-order valence-electron chi connectivity index (χ0n) is 9.29. The van der Waals surface area contributed by atoms with Crippen molar-refractivity contribution < 1.29 is 9.60 Å². The van der Waals surface area contributed by atoms with Crippen molar-refractivity contribution >= 4 is 27.5 Å². The van der Waals surface area contributed by atoms with Gasteiger partial charge in [-0.3, -0.25) is 0 Å². The number of para-hydroxylation sites is 1. The van der Waals surface area contributed by atoms with E-state index in [1.165, 1.54) is 6.07 Å². The van der Waals surface area contributed by atoms with Gasteiger partial charge in [-0.05, 0) is 40.9 Å². The fraction of sp³-hybridized carbons (Fsp3) is 0.364. The molecule has 94 valence electrons. The van der Waals surface area contributed by atoms with E-state index in [1.807, 2.05) is 0 Å². The molecule has 4 nitrogen and oxygen atoms in total. The van der Waals surface area contributed by atoms with Gasteiger partial charge >= 0.3 is 0 Å². The van der Waals surface area contributed by atoms with Crippen molar-refractivity contribution in [1.82, 2.24) is 0 Å². The molecular formula is C11H15BrFN3O. The lowest BCUT2D eigenvalue weighted by Crippen LogP contribution is -2.12. The van der Waals surface area contributed by atoms with Gasteiger partial charge in [0.2, 0.25) is 0 Å². The summed E-state index contributed by atoms with van der Waals surface area (Å²) in [6, 6.07) is 4.83. The highest BCUT2D eigenvalue weighted by atomic mass is 79.9. The van der Waals surface area contributed by atoms with E-state index >= 15 is 0 Å². The summed E-state index contributed by atoms with van der Waals surface area (Å²) < 4.78 is 14.1. The Morgan fingerprint density at radius 2 is 2.24 bits per heavy atom. The molecule has 1 rings (SSSR count). The van der Waals surface area contributed by atoms with Crippen molar-refractivity contribution in [3.63, 3.8) is 0 Å². The Hall–Kier alpha value is -1.30. The highest BCUT2D eigenvalue weighted by molar-refractivity contribution is 9.10. The van der Waals surface area contributed by atoms with Crippen LogP contribution in [0.1, 0.15) is 19.3 Å². The normalized spacial score (nSPS) is 11.5. The van der Waals surface area contributed by atoms with Gasteiger partial charge in [0.25, 0.3) is 0 Å². The lowest BCUT2D eigenvalue weighted by molar-refractivity contribution is 0.316. The van der Waals surface area contributed by atoms with E-state index in [0.29, 0.717) is 23.1 Å². The highest BCUT2D eigenvalue weighted by Gasteiger charge is 2.04. The standard InChI is InChI=1S/C11H15BrFN3O/c12-8-4-3-5-9(13)11(8)15-7-2-1-6-10(14)16-17/h3-5,15,17H,1-2,6-7H2,(H2,14,16). The van der Waals surface area contributed by atoms with Crippen molar-refractivity contribution in [2.45, 2.75) is 19.3 Å². The van der Waals surface area contributed by atoms with Crippen molar-refractivity contribution in [3.8, 4) is 0 Å². The average molecular weight is 304 g/mol. The number of unbranched alkanes of at least 4 members (excludes halogenated alkanes) is 1. The van der Waals surface area contributed by atoms with Gasteiger partial charge in [0.1, 0.15) is 11.7 Å². The van der Waals surface area contributed by atoms with E-state index in [1.54, 1.807) is 12.1 Å². The largest absolute Gasteiger partial charge is 0.409 e. The number of nitrogens with two attached hydrogens (primary N) is 1. The molecule has 0 bridgehead atoms. The quantitative estimate of drug-likeness (QED) is 0.249. The van der Waals surface area contributed by atoms with E-state index in [0.717, 1.165) is 12.8 Å². The predicted octanol–water partition coefficient (Wildman–Crippen LogP) is 2.92. The molecule has 0 radical (unpaired) electrons. The lowest BCUT2D eigenvalue weighted by Gasteiger charge is -2.09. The topological polar surface area (TPSA) is 70.6 Å². The lowest BCUT2D eigenvalue weighted by atomic mass is 10.2. The van der Waals surface area contributed by atoms with Crippen LogP contribution in [0.3, 0.4) is 0 Å². The Morgan fingerprint density at radius 1 is 1.47 bits per heavy atom. The summed E-state index contributed by atoms with van der Waals surface area (Å²) >= 11 is 3.28. The average Bonchev–Trinajstić information content (AvgIpc) is 2.31. The smallest absolute Gasteiger partial charge is 0.147 e. The first-order chi connectivity index (χ1) is 8.15. The molecule has 1 aromatic rings. The first kappa shape index (κ1) is 13.8. The monoisotopic (exact) mass is 303 g/mol. The molecule has 0 aliphatic heterocycles. The van der Waals surface area contributed by atoms with E-state index in [9.17, 15) is 4.39 Å². The van der Waals surface area contributed by atoms with E-state index < -0.39 is 0 Å². The Morgan fingerprint density at radius 3 is 2.88 bits per heavy atom. The Kier molecular flexibility index (Phi) is 5.76. The van der Waals surface area contributed by atoms with Crippen LogP contribution >= 0.6 is 15.9 Å². The van der Waals surface area contributed by atoms with Gasteiger partial charge in [-0.1, -0.05) is 11.2 Å². The summed E-state index contributed by atoms with van der Waals surface area (Å²) in [6.07, 6.45) is 2.14. The highest BCUT2D eigenvalue weighted by Crippen LogP contribution is 2.24. The number of anilines is 1.